The first-order valence-corrected chi connectivity index (χ1v) is 7.67. The van der Waals surface area contributed by atoms with E-state index in [0.29, 0.717) is 23.7 Å². The Kier molecular flexibility index (Phi) is 4.74. The van der Waals surface area contributed by atoms with Gasteiger partial charge in [0.2, 0.25) is 5.91 Å². The first kappa shape index (κ1) is 15.3. The predicted octanol–water partition coefficient (Wildman–Crippen LogP) is 3.77. The van der Waals surface area contributed by atoms with E-state index < -0.39 is 0 Å². The van der Waals surface area contributed by atoms with Gasteiger partial charge < -0.3 is 5.32 Å². The van der Waals surface area contributed by atoms with Crippen molar-refractivity contribution in [2.24, 2.45) is 0 Å². The molecule has 0 unspecified atom stereocenters. The first-order chi connectivity index (χ1) is 11.2. The fraction of sp³-hybridized carbons (Fsp3) is 0.111. The second kappa shape index (κ2) is 7.11. The number of anilines is 1. The van der Waals surface area contributed by atoms with Crippen LogP contribution >= 0.6 is 11.6 Å². The monoisotopic (exact) mass is 325 g/mol. The van der Waals surface area contributed by atoms with Crippen LogP contribution in [-0.4, -0.2) is 15.7 Å². The van der Waals surface area contributed by atoms with Crippen molar-refractivity contribution < 1.29 is 4.79 Å². The molecule has 0 saturated heterocycles. The zero-order chi connectivity index (χ0) is 16.1. The van der Waals surface area contributed by atoms with Crippen molar-refractivity contribution in [2.45, 2.75) is 13.0 Å². The highest BCUT2D eigenvalue weighted by molar-refractivity contribution is 6.30. The zero-order valence-electron chi connectivity index (χ0n) is 12.4. The van der Waals surface area contributed by atoms with Crippen LogP contribution in [0.25, 0.3) is 0 Å². The number of aromatic nitrogens is 2. The van der Waals surface area contributed by atoms with Crippen molar-refractivity contribution in [3.63, 3.8) is 0 Å². The molecule has 116 valence electrons. The molecule has 0 aliphatic carbocycles. The Labute approximate surface area is 139 Å². The van der Waals surface area contributed by atoms with Gasteiger partial charge >= 0.3 is 0 Å². The number of benzene rings is 2. The van der Waals surface area contributed by atoms with Crippen LogP contribution in [0.3, 0.4) is 0 Å². The summed E-state index contributed by atoms with van der Waals surface area (Å²) in [4.78, 5) is 12.0. The number of hydrogen-bond donors (Lipinski definition) is 1. The highest BCUT2D eigenvalue weighted by atomic mass is 35.5. The molecule has 0 aliphatic heterocycles. The number of nitrogens with one attached hydrogen (secondary N) is 1. The molecule has 0 bridgehead atoms. The van der Waals surface area contributed by atoms with Gasteiger partial charge in [0.15, 0.2) is 0 Å². The average molecular weight is 326 g/mol. The molecule has 1 aromatic heterocycles. The van der Waals surface area contributed by atoms with E-state index in [-0.39, 0.29) is 5.91 Å². The van der Waals surface area contributed by atoms with Crippen LogP contribution < -0.4 is 5.32 Å². The maximum absolute atomic E-state index is 12.0. The number of rotatable bonds is 5. The van der Waals surface area contributed by atoms with Crippen LogP contribution in [0.5, 0.6) is 0 Å². The van der Waals surface area contributed by atoms with Gasteiger partial charge in [0.25, 0.3) is 0 Å². The normalized spacial score (nSPS) is 10.5. The summed E-state index contributed by atoms with van der Waals surface area (Å²) in [5.41, 5.74) is 2.73. The molecule has 0 aliphatic rings. The third kappa shape index (κ3) is 4.44. The Morgan fingerprint density at radius 1 is 1.09 bits per heavy atom. The number of amides is 1. The lowest BCUT2D eigenvalue weighted by molar-refractivity contribution is -0.115. The number of halogens is 1. The lowest BCUT2D eigenvalue weighted by atomic mass is 10.1. The SMILES string of the molecule is O=C(Cc1ccccc1)Nc1cnn(Cc2cccc(Cl)c2)c1. The molecule has 0 atom stereocenters. The second-order valence-electron chi connectivity index (χ2n) is 5.27. The maximum atomic E-state index is 12.0. The highest BCUT2D eigenvalue weighted by Crippen LogP contribution is 2.13. The molecule has 1 amide bonds. The number of carbonyl (C=O) groups excluding carboxylic acids is 1. The highest BCUT2D eigenvalue weighted by Gasteiger charge is 2.06. The molecule has 0 fully saturated rings. The summed E-state index contributed by atoms with van der Waals surface area (Å²) < 4.78 is 1.77. The fourth-order valence-electron chi connectivity index (χ4n) is 2.32. The van der Waals surface area contributed by atoms with Gasteiger partial charge in [-0.05, 0) is 23.3 Å². The number of nitrogens with zero attached hydrogens (tertiary/aromatic N) is 2. The van der Waals surface area contributed by atoms with Crippen molar-refractivity contribution in [2.75, 3.05) is 5.32 Å². The van der Waals surface area contributed by atoms with Gasteiger partial charge in [-0.1, -0.05) is 54.1 Å². The summed E-state index contributed by atoms with van der Waals surface area (Å²) in [6, 6.07) is 17.3. The smallest absolute Gasteiger partial charge is 0.228 e. The van der Waals surface area contributed by atoms with Crippen molar-refractivity contribution in [3.05, 3.63) is 83.1 Å². The molecule has 4 nitrogen and oxygen atoms in total. The Balaban J connectivity index is 1.60. The minimum absolute atomic E-state index is 0.0569. The van der Waals surface area contributed by atoms with E-state index in [1.54, 1.807) is 10.9 Å². The van der Waals surface area contributed by atoms with E-state index in [2.05, 4.69) is 10.4 Å². The number of hydrogen-bond acceptors (Lipinski definition) is 2. The standard InChI is InChI=1S/C18H16ClN3O/c19-16-8-4-7-15(9-16)12-22-13-17(11-20-22)21-18(23)10-14-5-2-1-3-6-14/h1-9,11,13H,10,12H2,(H,21,23). The van der Waals surface area contributed by atoms with Crippen molar-refractivity contribution >= 4 is 23.2 Å². The molecule has 5 heteroatoms. The van der Waals surface area contributed by atoms with Gasteiger partial charge in [0, 0.05) is 11.2 Å². The van der Waals surface area contributed by atoms with Crippen molar-refractivity contribution in [1.29, 1.82) is 0 Å². The predicted molar refractivity (Wildman–Crippen MR) is 91.6 cm³/mol. The first-order valence-electron chi connectivity index (χ1n) is 7.30. The van der Waals surface area contributed by atoms with Gasteiger partial charge in [-0.25, -0.2) is 0 Å². The Bertz CT molecular complexity index is 799. The van der Waals surface area contributed by atoms with E-state index in [0.717, 1.165) is 11.1 Å². The summed E-state index contributed by atoms with van der Waals surface area (Å²) in [6.45, 7) is 0.606. The molecule has 3 rings (SSSR count). The summed E-state index contributed by atoms with van der Waals surface area (Å²) in [5.74, 6) is -0.0569. The molecule has 0 spiro atoms. The summed E-state index contributed by atoms with van der Waals surface area (Å²) >= 11 is 5.98. The number of carbonyl (C=O) groups is 1. The molecule has 0 radical (unpaired) electrons. The summed E-state index contributed by atoms with van der Waals surface area (Å²) in [7, 11) is 0. The van der Waals surface area contributed by atoms with Crippen molar-refractivity contribution in [1.82, 2.24) is 9.78 Å². The second-order valence-corrected chi connectivity index (χ2v) is 5.70. The van der Waals surface area contributed by atoms with Crippen LogP contribution in [-0.2, 0) is 17.8 Å². The largest absolute Gasteiger partial charge is 0.323 e. The van der Waals surface area contributed by atoms with Crippen LogP contribution in [0, 0.1) is 0 Å². The third-order valence-corrected chi connectivity index (χ3v) is 3.59. The van der Waals surface area contributed by atoms with Gasteiger partial charge in [-0.2, -0.15) is 5.10 Å². The molecule has 23 heavy (non-hydrogen) atoms. The van der Waals surface area contributed by atoms with Crippen molar-refractivity contribution in [3.8, 4) is 0 Å². The lowest BCUT2D eigenvalue weighted by Crippen LogP contribution is -2.13. The van der Waals surface area contributed by atoms with Crippen LogP contribution in [0.4, 0.5) is 5.69 Å². The fourth-order valence-corrected chi connectivity index (χ4v) is 2.54. The molecule has 3 aromatic rings. The molecule has 1 N–H and O–H groups in total. The van der Waals surface area contributed by atoms with E-state index >= 15 is 0 Å². The maximum Gasteiger partial charge on any atom is 0.228 e. The minimum Gasteiger partial charge on any atom is -0.323 e. The van der Waals surface area contributed by atoms with Gasteiger partial charge in [0.1, 0.15) is 0 Å². The van der Waals surface area contributed by atoms with E-state index in [4.69, 9.17) is 11.6 Å². The minimum atomic E-state index is -0.0569. The van der Waals surface area contributed by atoms with E-state index in [1.165, 1.54) is 0 Å². The molecule has 2 aromatic carbocycles. The van der Waals surface area contributed by atoms with Gasteiger partial charge in [-0.3, -0.25) is 9.48 Å². The quantitative estimate of drug-likeness (QED) is 0.776. The third-order valence-electron chi connectivity index (χ3n) is 3.36. The zero-order valence-corrected chi connectivity index (χ0v) is 13.2. The van der Waals surface area contributed by atoms with Crippen LogP contribution in [0.15, 0.2) is 67.0 Å². The Morgan fingerprint density at radius 3 is 2.65 bits per heavy atom. The topological polar surface area (TPSA) is 46.9 Å². The summed E-state index contributed by atoms with van der Waals surface area (Å²) in [6.07, 6.45) is 3.80. The van der Waals surface area contributed by atoms with Crippen LogP contribution in [0.1, 0.15) is 11.1 Å². The summed E-state index contributed by atoms with van der Waals surface area (Å²) in [5, 5.41) is 7.82. The molecule has 0 saturated carbocycles. The van der Waals surface area contributed by atoms with Gasteiger partial charge in [0.05, 0.1) is 24.8 Å². The molecule has 1 heterocycles. The molecular weight excluding hydrogens is 310 g/mol. The van der Waals surface area contributed by atoms with E-state index in [9.17, 15) is 4.79 Å². The molecular formula is C18H16ClN3O. The average Bonchev–Trinajstić information content (AvgIpc) is 2.95. The van der Waals surface area contributed by atoms with E-state index in [1.807, 2.05) is 60.8 Å². The van der Waals surface area contributed by atoms with Crippen LogP contribution in [0.2, 0.25) is 5.02 Å². The van der Waals surface area contributed by atoms with Gasteiger partial charge in [-0.15, -0.1) is 0 Å². The Hall–Kier alpha value is -2.59. The lowest BCUT2D eigenvalue weighted by Gasteiger charge is -2.03. The Morgan fingerprint density at radius 2 is 1.87 bits per heavy atom.